The van der Waals surface area contributed by atoms with E-state index in [1.807, 2.05) is 29.8 Å². The highest BCUT2D eigenvalue weighted by Crippen LogP contribution is 2.39. The van der Waals surface area contributed by atoms with Crippen LogP contribution >= 0.6 is 11.8 Å². The Labute approximate surface area is 147 Å². The molecular weight excluding hydrogens is 320 g/mol. The molecule has 1 aliphatic carbocycles. The number of aromatic nitrogens is 3. The van der Waals surface area contributed by atoms with Gasteiger partial charge in [0, 0.05) is 19.0 Å². The lowest BCUT2D eigenvalue weighted by atomic mass is 10.1. The molecule has 0 saturated heterocycles. The van der Waals surface area contributed by atoms with Crippen molar-refractivity contribution in [1.29, 1.82) is 0 Å². The number of thioether (sulfide) groups is 1. The Morgan fingerprint density at radius 3 is 2.79 bits per heavy atom. The maximum Gasteiger partial charge on any atom is 0.230 e. The third kappa shape index (κ3) is 4.60. The molecule has 0 radical (unpaired) electrons. The van der Waals surface area contributed by atoms with E-state index < -0.39 is 0 Å². The molecule has 128 valence electrons. The van der Waals surface area contributed by atoms with E-state index in [4.69, 9.17) is 0 Å². The van der Waals surface area contributed by atoms with Gasteiger partial charge in [-0.1, -0.05) is 42.1 Å². The van der Waals surface area contributed by atoms with Crippen LogP contribution in [0.1, 0.15) is 43.5 Å². The lowest BCUT2D eigenvalue weighted by Crippen LogP contribution is -2.34. The summed E-state index contributed by atoms with van der Waals surface area (Å²) in [6, 6.07) is 10.5. The minimum Gasteiger partial charge on any atom is -0.353 e. The predicted octanol–water partition coefficient (Wildman–Crippen LogP) is 2.92. The fourth-order valence-electron chi connectivity index (χ4n) is 2.70. The van der Waals surface area contributed by atoms with Gasteiger partial charge in [0.1, 0.15) is 5.82 Å². The largest absolute Gasteiger partial charge is 0.353 e. The number of rotatable bonds is 8. The Morgan fingerprint density at radius 2 is 2.08 bits per heavy atom. The van der Waals surface area contributed by atoms with Crippen molar-refractivity contribution in [3.05, 3.63) is 41.7 Å². The number of amides is 1. The summed E-state index contributed by atoms with van der Waals surface area (Å²) in [5, 5.41) is 12.3. The molecule has 1 N–H and O–H groups in total. The van der Waals surface area contributed by atoms with Crippen molar-refractivity contribution in [2.75, 3.05) is 5.75 Å². The van der Waals surface area contributed by atoms with Crippen LogP contribution in [-0.2, 0) is 18.3 Å². The van der Waals surface area contributed by atoms with Crippen molar-refractivity contribution in [3.63, 3.8) is 0 Å². The molecule has 1 saturated carbocycles. The van der Waals surface area contributed by atoms with E-state index in [9.17, 15) is 4.79 Å². The summed E-state index contributed by atoms with van der Waals surface area (Å²) in [4.78, 5) is 12.1. The maximum absolute atomic E-state index is 12.1. The molecule has 0 spiro atoms. The highest BCUT2D eigenvalue weighted by Gasteiger charge is 2.29. The van der Waals surface area contributed by atoms with Crippen molar-refractivity contribution in [3.8, 4) is 0 Å². The first-order chi connectivity index (χ1) is 11.6. The van der Waals surface area contributed by atoms with Crippen LogP contribution in [0.3, 0.4) is 0 Å². The van der Waals surface area contributed by atoms with Crippen LogP contribution < -0.4 is 5.32 Å². The monoisotopic (exact) mass is 344 g/mol. The zero-order chi connectivity index (χ0) is 16.9. The van der Waals surface area contributed by atoms with Crippen LogP contribution in [0.2, 0.25) is 0 Å². The fraction of sp³-hybridized carbons (Fsp3) is 0.500. The number of hydrogen-bond acceptors (Lipinski definition) is 4. The van der Waals surface area contributed by atoms with E-state index in [1.54, 1.807) is 0 Å². The third-order valence-electron chi connectivity index (χ3n) is 4.26. The Balaban J connectivity index is 1.40. The number of nitrogens with one attached hydrogen (secondary N) is 1. The van der Waals surface area contributed by atoms with Gasteiger partial charge in [-0.25, -0.2) is 0 Å². The van der Waals surface area contributed by atoms with Gasteiger partial charge in [0.25, 0.3) is 0 Å². The van der Waals surface area contributed by atoms with E-state index in [0.717, 1.165) is 23.8 Å². The van der Waals surface area contributed by atoms with Gasteiger partial charge in [0.05, 0.1) is 5.75 Å². The van der Waals surface area contributed by atoms with Gasteiger partial charge in [0.2, 0.25) is 5.91 Å². The smallest absolute Gasteiger partial charge is 0.230 e. The van der Waals surface area contributed by atoms with Gasteiger partial charge in [-0.15, -0.1) is 10.2 Å². The number of hydrogen-bond donors (Lipinski definition) is 1. The van der Waals surface area contributed by atoms with Crippen LogP contribution in [-0.4, -0.2) is 32.5 Å². The Morgan fingerprint density at radius 1 is 1.33 bits per heavy atom. The molecule has 1 fully saturated rings. The third-order valence-corrected chi connectivity index (χ3v) is 5.28. The molecule has 1 amide bonds. The van der Waals surface area contributed by atoms with Crippen molar-refractivity contribution < 1.29 is 4.79 Å². The average molecular weight is 344 g/mol. The molecule has 1 aromatic heterocycles. The van der Waals surface area contributed by atoms with Crippen LogP contribution in [0.15, 0.2) is 35.5 Å². The molecule has 3 rings (SSSR count). The van der Waals surface area contributed by atoms with E-state index in [-0.39, 0.29) is 11.9 Å². The van der Waals surface area contributed by atoms with Gasteiger partial charge in [-0.05, 0) is 38.2 Å². The van der Waals surface area contributed by atoms with Crippen LogP contribution in [0.5, 0.6) is 0 Å². The van der Waals surface area contributed by atoms with Crippen molar-refractivity contribution in [2.24, 2.45) is 7.05 Å². The SMILES string of the molecule is C[C@@H](CCc1ccccc1)NC(=O)CSc1nnc(C2CC2)n1C. The molecule has 0 unspecified atom stereocenters. The first-order valence-corrected chi connectivity index (χ1v) is 9.47. The minimum atomic E-state index is 0.0523. The van der Waals surface area contributed by atoms with Crippen molar-refractivity contribution >= 4 is 17.7 Å². The second kappa shape index (κ2) is 7.83. The molecule has 1 aliphatic rings. The van der Waals surface area contributed by atoms with Crippen LogP contribution in [0.4, 0.5) is 0 Å². The Bertz CT molecular complexity index is 682. The molecule has 0 aliphatic heterocycles. The first kappa shape index (κ1) is 17.0. The minimum absolute atomic E-state index is 0.0523. The lowest BCUT2D eigenvalue weighted by molar-refractivity contribution is -0.119. The predicted molar refractivity (Wildman–Crippen MR) is 96.1 cm³/mol. The lowest BCUT2D eigenvalue weighted by Gasteiger charge is -2.13. The summed E-state index contributed by atoms with van der Waals surface area (Å²) in [6.07, 6.45) is 4.33. The highest BCUT2D eigenvalue weighted by atomic mass is 32.2. The van der Waals surface area contributed by atoms with Crippen LogP contribution in [0.25, 0.3) is 0 Å². The summed E-state index contributed by atoms with van der Waals surface area (Å²) in [7, 11) is 1.98. The topological polar surface area (TPSA) is 59.8 Å². The maximum atomic E-state index is 12.1. The summed E-state index contributed by atoms with van der Waals surface area (Å²) in [6.45, 7) is 2.05. The molecule has 24 heavy (non-hydrogen) atoms. The summed E-state index contributed by atoms with van der Waals surface area (Å²) in [5.74, 6) is 2.06. The molecule has 6 heteroatoms. The number of nitrogens with zero attached hydrogens (tertiary/aromatic N) is 3. The molecule has 1 atom stereocenters. The number of aryl methyl sites for hydroxylation is 1. The molecule has 1 heterocycles. The first-order valence-electron chi connectivity index (χ1n) is 8.49. The van der Waals surface area contributed by atoms with Gasteiger partial charge >= 0.3 is 0 Å². The van der Waals surface area contributed by atoms with E-state index in [1.165, 1.54) is 30.2 Å². The van der Waals surface area contributed by atoms with Crippen molar-refractivity contribution in [1.82, 2.24) is 20.1 Å². The quantitative estimate of drug-likeness (QED) is 0.748. The fourth-order valence-corrected chi connectivity index (χ4v) is 3.42. The molecule has 5 nitrogen and oxygen atoms in total. The molecular formula is C18H24N4OS. The second-order valence-electron chi connectivity index (χ2n) is 6.46. The molecule has 1 aromatic carbocycles. The number of benzene rings is 1. The Kier molecular flexibility index (Phi) is 5.56. The zero-order valence-electron chi connectivity index (χ0n) is 14.2. The standard InChI is InChI=1S/C18H24N4OS/c1-13(8-9-14-6-4-3-5-7-14)19-16(23)12-24-18-21-20-17(22(18)2)15-10-11-15/h3-7,13,15H,8-12H2,1-2H3,(H,19,23)/t13-/m0/s1. The zero-order valence-corrected chi connectivity index (χ0v) is 15.1. The second-order valence-corrected chi connectivity index (χ2v) is 7.40. The number of carbonyl (C=O) groups excluding carboxylic acids is 1. The normalized spacial score (nSPS) is 15.2. The van der Waals surface area contributed by atoms with Crippen LogP contribution in [0, 0.1) is 0 Å². The molecule has 0 bridgehead atoms. The number of carbonyl (C=O) groups is 1. The van der Waals surface area contributed by atoms with Gasteiger partial charge in [-0.3, -0.25) is 4.79 Å². The Hall–Kier alpha value is -1.82. The van der Waals surface area contributed by atoms with E-state index >= 15 is 0 Å². The summed E-state index contributed by atoms with van der Waals surface area (Å²) < 4.78 is 2.02. The summed E-state index contributed by atoms with van der Waals surface area (Å²) in [5.41, 5.74) is 1.31. The van der Waals surface area contributed by atoms with Gasteiger partial charge < -0.3 is 9.88 Å². The van der Waals surface area contributed by atoms with Crippen molar-refractivity contribution in [2.45, 2.75) is 49.7 Å². The summed E-state index contributed by atoms with van der Waals surface area (Å²) >= 11 is 1.45. The highest BCUT2D eigenvalue weighted by molar-refractivity contribution is 7.99. The van der Waals surface area contributed by atoms with Gasteiger partial charge in [0.15, 0.2) is 5.16 Å². The van der Waals surface area contributed by atoms with E-state index in [0.29, 0.717) is 11.7 Å². The van der Waals surface area contributed by atoms with Gasteiger partial charge in [-0.2, -0.15) is 0 Å². The molecule has 2 aromatic rings. The van der Waals surface area contributed by atoms with E-state index in [2.05, 4.69) is 34.6 Å². The average Bonchev–Trinajstić information content (AvgIpc) is 3.36.